The maximum atomic E-state index is 13.2. The van der Waals surface area contributed by atoms with E-state index in [1.54, 1.807) is 40.7 Å². The molecule has 2 aromatic carbocycles. The van der Waals surface area contributed by atoms with Gasteiger partial charge in [0.2, 0.25) is 0 Å². The van der Waals surface area contributed by atoms with E-state index in [0.29, 0.717) is 29.0 Å². The number of amidine groups is 1. The van der Waals surface area contributed by atoms with E-state index in [1.165, 1.54) is 12.3 Å². The summed E-state index contributed by atoms with van der Waals surface area (Å²) in [7, 11) is -1.94. The molecular formula is C22H18F3N4O3S+. The second kappa shape index (κ2) is 8.66. The number of thiol groups is 1. The average Bonchev–Trinajstić information content (AvgIpc) is 3.21. The Labute approximate surface area is 189 Å². The summed E-state index contributed by atoms with van der Waals surface area (Å²) in [6.45, 7) is 0.517. The first kappa shape index (κ1) is 22.5. The Bertz CT molecular complexity index is 1260. The van der Waals surface area contributed by atoms with Crippen molar-refractivity contribution in [3.63, 3.8) is 0 Å². The molecule has 1 aromatic heterocycles. The molecule has 0 bridgehead atoms. The van der Waals surface area contributed by atoms with E-state index in [4.69, 9.17) is 10.8 Å². The van der Waals surface area contributed by atoms with Gasteiger partial charge >= 0.3 is 12.3 Å². The number of amides is 1. The van der Waals surface area contributed by atoms with Crippen LogP contribution in [0.5, 0.6) is 0 Å². The smallest absolute Gasteiger partial charge is 0.433 e. The quantitative estimate of drug-likeness (QED) is 0.255. The summed E-state index contributed by atoms with van der Waals surface area (Å²) in [6.07, 6.45) is -4.06. The topological polar surface area (TPSA) is 109 Å². The summed E-state index contributed by atoms with van der Waals surface area (Å²) in [5, 5.41) is 8.69. The predicted octanol–water partition coefficient (Wildman–Crippen LogP) is 4.18. The molecule has 1 aliphatic heterocycles. The van der Waals surface area contributed by atoms with Gasteiger partial charge in [0.1, 0.15) is 11.5 Å². The van der Waals surface area contributed by atoms with E-state index in [1.807, 2.05) is 6.07 Å². The molecule has 0 saturated heterocycles. The number of fused-ring (bicyclic) bond motifs is 1. The lowest BCUT2D eigenvalue weighted by atomic mass is 10.0. The molecule has 3 aromatic rings. The van der Waals surface area contributed by atoms with Gasteiger partial charge in [-0.3, -0.25) is 4.98 Å². The second-order valence-electron chi connectivity index (χ2n) is 7.25. The second-order valence-corrected chi connectivity index (χ2v) is 8.79. The summed E-state index contributed by atoms with van der Waals surface area (Å²) in [5.74, 6) is -0.152. The van der Waals surface area contributed by atoms with Crippen molar-refractivity contribution in [2.24, 2.45) is 10.7 Å². The van der Waals surface area contributed by atoms with Crippen LogP contribution in [0.2, 0.25) is 0 Å². The number of carboxylic acid groups (broad SMARTS) is 1. The highest BCUT2D eigenvalue weighted by atomic mass is 32.2. The SMILES string of the molecule is N/C(=N\C(=O)O)c1ccc([SH+](=O)N2CCc3cc(-c4ccc(C(F)(F)F)nc4)ccc32)cc1. The molecule has 0 aliphatic carbocycles. The van der Waals surface area contributed by atoms with Crippen molar-refractivity contribution in [2.75, 3.05) is 10.8 Å². The van der Waals surface area contributed by atoms with E-state index in [9.17, 15) is 22.2 Å². The van der Waals surface area contributed by atoms with E-state index < -0.39 is 28.9 Å². The van der Waals surface area contributed by atoms with Gasteiger partial charge in [0.15, 0.2) is 15.9 Å². The molecule has 0 spiro atoms. The predicted molar refractivity (Wildman–Crippen MR) is 119 cm³/mol. The molecule has 7 nitrogen and oxygen atoms in total. The molecule has 0 saturated carbocycles. The molecule has 4 rings (SSSR count). The maximum Gasteiger partial charge on any atom is 0.433 e. The number of aromatic nitrogens is 1. The zero-order valence-corrected chi connectivity index (χ0v) is 17.8. The summed E-state index contributed by atoms with van der Waals surface area (Å²) in [5.41, 5.74) is 8.09. The van der Waals surface area contributed by atoms with Crippen molar-refractivity contribution in [3.8, 4) is 11.1 Å². The highest BCUT2D eigenvalue weighted by Crippen LogP contribution is 2.35. The number of halogens is 3. The van der Waals surface area contributed by atoms with Crippen LogP contribution in [-0.4, -0.2) is 28.6 Å². The number of anilines is 1. The molecule has 1 atom stereocenters. The molecular weight excluding hydrogens is 457 g/mol. The molecule has 1 aliphatic rings. The van der Waals surface area contributed by atoms with Crippen molar-refractivity contribution < 1.29 is 27.3 Å². The van der Waals surface area contributed by atoms with Gasteiger partial charge < -0.3 is 10.8 Å². The number of hydrogen-bond acceptors (Lipinski definition) is 3. The van der Waals surface area contributed by atoms with Gasteiger partial charge in [-0.05, 0) is 60.0 Å². The number of pyridine rings is 1. The van der Waals surface area contributed by atoms with Gasteiger partial charge in [-0.2, -0.15) is 22.5 Å². The van der Waals surface area contributed by atoms with Crippen LogP contribution in [0.4, 0.5) is 23.7 Å². The monoisotopic (exact) mass is 475 g/mol. The summed E-state index contributed by atoms with van der Waals surface area (Å²) < 4.78 is 53.1. The molecule has 3 N–H and O–H groups in total. The van der Waals surface area contributed by atoms with Crippen molar-refractivity contribution in [2.45, 2.75) is 17.5 Å². The highest BCUT2D eigenvalue weighted by Gasteiger charge is 2.32. The largest absolute Gasteiger partial charge is 0.463 e. The molecule has 2 heterocycles. The molecule has 33 heavy (non-hydrogen) atoms. The number of rotatable bonds is 4. The zero-order chi connectivity index (χ0) is 23.8. The summed E-state index contributed by atoms with van der Waals surface area (Å²) in [6, 6.07) is 14.1. The van der Waals surface area contributed by atoms with Crippen LogP contribution in [0.3, 0.4) is 0 Å². The number of aliphatic imine (C=N–C) groups is 1. The molecule has 0 fully saturated rings. The summed E-state index contributed by atoms with van der Waals surface area (Å²) in [4.78, 5) is 17.9. The number of carbonyl (C=O) groups is 1. The Morgan fingerprint density at radius 1 is 1.09 bits per heavy atom. The minimum absolute atomic E-state index is 0.152. The Kier molecular flexibility index (Phi) is 5.90. The highest BCUT2D eigenvalue weighted by molar-refractivity contribution is 7.86. The van der Waals surface area contributed by atoms with Crippen LogP contribution in [-0.2, 0) is 27.8 Å². The van der Waals surface area contributed by atoms with Crippen molar-refractivity contribution in [3.05, 3.63) is 77.6 Å². The van der Waals surface area contributed by atoms with Crippen LogP contribution < -0.4 is 10.0 Å². The van der Waals surface area contributed by atoms with Crippen LogP contribution in [0, 0.1) is 0 Å². The van der Waals surface area contributed by atoms with Gasteiger partial charge in [0, 0.05) is 17.3 Å². The maximum absolute atomic E-state index is 13.2. The number of alkyl halides is 3. The zero-order valence-electron chi connectivity index (χ0n) is 17.0. The molecule has 11 heteroatoms. The fourth-order valence-electron chi connectivity index (χ4n) is 3.55. The fraction of sp³-hybridized carbons (Fsp3) is 0.136. The third-order valence-corrected chi connectivity index (χ3v) is 6.75. The Hall–Kier alpha value is -3.73. The standard InChI is InChI=1S/C22H17F3N4O3S/c23-22(24,25)19-8-4-16(12-27-19)14-3-7-18-15(11-14)9-10-29(18)33(32)17-5-1-13(2-6-17)20(26)28-21(30)31/h1-8,11-12H,9-10H2,(H2,26,28)(H,30,31)/p+1. The van der Waals surface area contributed by atoms with E-state index in [2.05, 4.69) is 9.98 Å². The lowest BCUT2D eigenvalue weighted by Crippen LogP contribution is -2.23. The van der Waals surface area contributed by atoms with E-state index in [-0.39, 0.29) is 5.84 Å². The van der Waals surface area contributed by atoms with Gasteiger partial charge in [0.05, 0.1) is 12.2 Å². The molecule has 1 amide bonds. The van der Waals surface area contributed by atoms with E-state index >= 15 is 0 Å². The number of benzene rings is 2. The first-order valence-corrected chi connectivity index (χ1v) is 10.9. The normalized spacial score (nSPS) is 14.8. The first-order valence-electron chi connectivity index (χ1n) is 9.72. The third-order valence-electron chi connectivity index (χ3n) is 5.16. The van der Waals surface area contributed by atoms with Crippen LogP contribution in [0.15, 0.2) is 70.7 Å². The van der Waals surface area contributed by atoms with Gasteiger partial charge in [-0.25, -0.2) is 4.79 Å². The van der Waals surface area contributed by atoms with Crippen molar-refractivity contribution in [1.29, 1.82) is 0 Å². The Morgan fingerprint density at radius 3 is 2.39 bits per heavy atom. The first-order chi connectivity index (χ1) is 15.6. The van der Waals surface area contributed by atoms with E-state index in [0.717, 1.165) is 22.9 Å². The average molecular weight is 475 g/mol. The minimum Gasteiger partial charge on any atom is -0.463 e. The molecule has 170 valence electrons. The molecule has 0 radical (unpaired) electrons. The fourth-order valence-corrected chi connectivity index (χ4v) is 4.91. The lowest BCUT2D eigenvalue weighted by Gasteiger charge is -2.13. The molecule has 1 unspecified atom stereocenters. The van der Waals surface area contributed by atoms with Gasteiger partial charge in [0.25, 0.3) is 0 Å². The van der Waals surface area contributed by atoms with Crippen molar-refractivity contribution in [1.82, 2.24) is 4.98 Å². The van der Waals surface area contributed by atoms with Crippen LogP contribution in [0.1, 0.15) is 16.8 Å². The number of nitrogens with two attached hydrogens (primary N) is 1. The Morgan fingerprint density at radius 2 is 1.79 bits per heavy atom. The van der Waals surface area contributed by atoms with Gasteiger partial charge in [-0.15, -0.1) is 0 Å². The minimum atomic E-state index is -4.49. The number of hydrogen-bond donors (Lipinski definition) is 2. The summed E-state index contributed by atoms with van der Waals surface area (Å²) >= 11 is 0. The van der Waals surface area contributed by atoms with Crippen LogP contribution in [0.25, 0.3) is 11.1 Å². The van der Waals surface area contributed by atoms with Crippen molar-refractivity contribution >= 4 is 28.6 Å². The third kappa shape index (κ3) is 4.72. The number of nitrogens with zero attached hydrogens (tertiary/aromatic N) is 3. The Balaban J connectivity index is 1.54. The van der Waals surface area contributed by atoms with Gasteiger partial charge in [-0.1, -0.05) is 16.3 Å². The lowest BCUT2D eigenvalue weighted by molar-refractivity contribution is -0.141. The van der Waals surface area contributed by atoms with Crippen LogP contribution >= 0.6 is 0 Å².